The van der Waals surface area contributed by atoms with E-state index in [-0.39, 0.29) is 0 Å². The van der Waals surface area contributed by atoms with Crippen LogP contribution >= 0.6 is 11.3 Å². The normalized spacial score (nSPS) is 28.2. The summed E-state index contributed by atoms with van der Waals surface area (Å²) in [5.41, 5.74) is 1.65. The van der Waals surface area contributed by atoms with Crippen LogP contribution in [0.25, 0.3) is 0 Å². The van der Waals surface area contributed by atoms with Gasteiger partial charge in [0.2, 0.25) is 0 Å². The first kappa shape index (κ1) is 9.26. The lowest BCUT2D eigenvalue weighted by Gasteiger charge is -2.08. The smallest absolute Gasteiger partial charge is 0.00518 e. The van der Waals surface area contributed by atoms with E-state index in [2.05, 4.69) is 26.8 Å². The summed E-state index contributed by atoms with van der Waals surface area (Å²) in [4.78, 5) is 3.03. The molecule has 13 heavy (non-hydrogen) atoms. The minimum atomic E-state index is 0.875. The second kappa shape index (κ2) is 3.45. The van der Waals surface area contributed by atoms with E-state index < -0.39 is 0 Å². The Morgan fingerprint density at radius 2 is 2.08 bits per heavy atom. The summed E-state index contributed by atoms with van der Waals surface area (Å²) in [6.45, 7) is 6.88. The molecule has 0 nitrogen and oxygen atoms in total. The highest BCUT2D eigenvalue weighted by Crippen LogP contribution is 2.41. The third-order valence-electron chi connectivity index (χ3n) is 3.21. The van der Waals surface area contributed by atoms with Crippen LogP contribution in [0.5, 0.6) is 0 Å². The molecule has 0 spiro atoms. The van der Waals surface area contributed by atoms with Gasteiger partial charge in [-0.15, -0.1) is 11.3 Å². The van der Waals surface area contributed by atoms with Gasteiger partial charge in [0.05, 0.1) is 0 Å². The van der Waals surface area contributed by atoms with Crippen molar-refractivity contribution in [2.45, 2.75) is 46.0 Å². The molecule has 0 saturated heterocycles. The van der Waals surface area contributed by atoms with Crippen molar-refractivity contribution in [1.82, 2.24) is 0 Å². The molecule has 1 aromatic rings. The molecule has 2 atom stereocenters. The maximum Gasteiger partial charge on any atom is 0.00518 e. The lowest BCUT2D eigenvalue weighted by molar-refractivity contribution is 0.596. The molecule has 1 heterocycles. The first-order chi connectivity index (χ1) is 6.16. The van der Waals surface area contributed by atoms with Crippen LogP contribution in [0.4, 0.5) is 0 Å². The summed E-state index contributed by atoms with van der Waals surface area (Å²) >= 11 is 1.96. The standard InChI is InChI=1S/C12H18S/c1-8-4-5-11(6-8)12-7-9(2)13-10(12)3/h7-8,11H,4-6H2,1-3H3. The lowest BCUT2D eigenvalue weighted by Crippen LogP contribution is -1.92. The van der Waals surface area contributed by atoms with Crippen LogP contribution in [-0.2, 0) is 0 Å². The molecule has 1 fully saturated rings. The fourth-order valence-corrected chi connectivity index (χ4v) is 3.56. The molecule has 0 radical (unpaired) electrons. The van der Waals surface area contributed by atoms with E-state index in [1.165, 1.54) is 24.1 Å². The van der Waals surface area contributed by atoms with E-state index in [9.17, 15) is 0 Å². The molecule has 2 rings (SSSR count). The van der Waals surface area contributed by atoms with Gasteiger partial charge in [-0.2, -0.15) is 0 Å². The zero-order valence-electron chi connectivity index (χ0n) is 8.76. The molecule has 1 aromatic heterocycles. The Morgan fingerprint density at radius 1 is 1.31 bits per heavy atom. The van der Waals surface area contributed by atoms with Crippen LogP contribution in [0.2, 0.25) is 0 Å². The molecular weight excluding hydrogens is 176 g/mol. The van der Waals surface area contributed by atoms with Crippen molar-refractivity contribution in [2.24, 2.45) is 5.92 Å². The monoisotopic (exact) mass is 194 g/mol. The second-order valence-corrected chi connectivity index (χ2v) is 5.94. The quantitative estimate of drug-likeness (QED) is 0.626. The molecule has 0 bridgehead atoms. The summed E-state index contributed by atoms with van der Waals surface area (Å²) in [5.74, 6) is 1.82. The summed E-state index contributed by atoms with van der Waals surface area (Å²) < 4.78 is 0. The Labute approximate surface area is 85.0 Å². The number of thiophene rings is 1. The Balaban J connectivity index is 2.20. The maximum absolute atomic E-state index is 2.41. The Morgan fingerprint density at radius 3 is 2.54 bits per heavy atom. The fourth-order valence-electron chi connectivity index (χ4n) is 2.55. The van der Waals surface area contributed by atoms with E-state index >= 15 is 0 Å². The fraction of sp³-hybridized carbons (Fsp3) is 0.667. The number of aryl methyl sites for hydroxylation is 2. The van der Waals surface area contributed by atoms with Crippen molar-refractivity contribution in [3.05, 3.63) is 21.4 Å². The third kappa shape index (κ3) is 1.80. The number of hydrogen-bond acceptors (Lipinski definition) is 1. The van der Waals surface area contributed by atoms with Crippen molar-refractivity contribution in [3.63, 3.8) is 0 Å². The highest BCUT2D eigenvalue weighted by molar-refractivity contribution is 7.12. The highest BCUT2D eigenvalue weighted by Gasteiger charge is 2.24. The molecule has 1 saturated carbocycles. The average molecular weight is 194 g/mol. The minimum absolute atomic E-state index is 0.875. The van der Waals surface area contributed by atoms with Crippen molar-refractivity contribution in [2.75, 3.05) is 0 Å². The van der Waals surface area contributed by atoms with Gasteiger partial charge < -0.3 is 0 Å². The van der Waals surface area contributed by atoms with E-state index in [4.69, 9.17) is 0 Å². The molecule has 72 valence electrons. The summed E-state index contributed by atoms with van der Waals surface area (Å²) in [6, 6.07) is 2.41. The second-order valence-electron chi connectivity index (χ2n) is 4.48. The van der Waals surface area contributed by atoms with Crippen molar-refractivity contribution in [3.8, 4) is 0 Å². The van der Waals surface area contributed by atoms with Crippen LogP contribution in [0.3, 0.4) is 0 Å². The molecule has 1 aliphatic rings. The maximum atomic E-state index is 2.41. The number of hydrogen-bond donors (Lipinski definition) is 0. The predicted octanol–water partition coefficient (Wildman–Crippen LogP) is 4.27. The van der Waals surface area contributed by atoms with E-state index in [0.29, 0.717) is 0 Å². The van der Waals surface area contributed by atoms with Crippen LogP contribution < -0.4 is 0 Å². The van der Waals surface area contributed by atoms with Gasteiger partial charge in [0, 0.05) is 9.75 Å². The SMILES string of the molecule is Cc1cc(C2CCC(C)C2)c(C)s1. The predicted molar refractivity (Wildman–Crippen MR) is 59.5 cm³/mol. The molecule has 0 N–H and O–H groups in total. The first-order valence-corrected chi connectivity index (χ1v) is 6.05. The minimum Gasteiger partial charge on any atom is -0.146 e. The van der Waals surface area contributed by atoms with Gasteiger partial charge in [-0.1, -0.05) is 13.3 Å². The summed E-state index contributed by atoms with van der Waals surface area (Å²) in [7, 11) is 0. The molecule has 0 amide bonds. The Bertz CT molecular complexity index is 298. The molecule has 0 aromatic carbocycles. The van der Waals surface area contributed by atoms with Gasteiger partial charge in [0.25, 0.3) is 0 Å². The van der Waals surface area contributed by atoms with Gasteiger partial charge in [-0.05, 0) is 50.2 Å². The van der Waals surface area contributed by atoms with Crippen LogP contribution in [-0.4, -0.2) is 0 Å². The van der Waals surface area contributed by atoms with Gasteiger partial charge >= 0.3 is 0 Å². The molecular formula is C12H18S. The third-order valence-corrected chi connectivity index (χ3v) is 4.20. The van der Waals surface area contributed by atoms with Gasteiger partial charge in [-0.3, -0.25) is 0 Å². The first-order valence-electron chi connectivity index (χ1n) is 5.23. The van der Waals surface area contributed by atoms with Crippen molar-refractivity contribution in [1.29, 1.82) is 0 Å². The van der Waals surface area contributed by atoms with Crippen molar-refractivity contribution >= 4 is 11.3 Å². The Hall–Kier alpha value is -0.300. The lowest BCUT2D eigenvalue weighted by atomic mass is 9.97. The highest BCUT2D eigenvalue weighted by atomic mass is 32.1. The van der Waals surface area contributed by atoms with E-state index in [1.807, 2.05) is 11.3 Å². The molecule has 0 aliphatic heterocycles. The van der Waals surface area contributed by atoms with Crippen molar-refractivity contribution < 1.29 is 0 Å². The van der Waals surface area contributed by atoms with Crippen LogP contribution in [0, 0.1) is 19.8 Å². The van der Waals surface area contributed by atoms with Crippen LogP contribution in [0.15, 0.2) is 6.07 Å². The molecule has 2 unspecified atom stereocenters. The van der Waals surface area contributed by atoms with E-state index in [0.717, 1.165) is 11.8 Å². The molecule has 1 aliphatic carbocycles. The molecule has 1 heteroatoms. The summed E-state index contributed by atoms with van der Waals surface area (Å²) in [6.07, 6.45) is 4.26. The van der Waals surface area contributed by atoms with Gasteiger partial charge in [-0.25, -0.2) is 0 Å². The average Bonchev–Trinajstić information content (AvgIpc) is 2.58. The zero-order chi connectivity index (χ0) is 9.42. The largest absolute Gasteiger partial charge is 0.146 e. The van der Waals surface area contributed by atoms with E-state index in [1.54, 1.807) is 10.4 Å². The topological polar surface area (TPSA) is 0 Å². The van der Waals surface area contributed by atoms with Crippen LogP contribution in [0.1, 0.15) is 47.4 Å². The van der Waals surface area contributed by atoms with Gasteiger partial charge in [0.1, 0.15) is 0 Å². The zero-order valence-corrected chi connectivity index (χ0v) is 9.58. The van der Waals surface area contributed by atoms with Gasteiger partial charge in [0.15, 0.2) is 0 Å². The number of rotatable bonds is 1. The summed E-state index contributed by atoms with van der Waals surface area (Å²) in [5, 5.41) is 0. The Kier molecular flexibility index (Phi) is 2.46.